The molecule has 0 aliphatic rings. The fraction of sp³-hybridized carbons (Fsp3) is 0.200. The summed E-state index contributed by atoms with van der Waals surface area (Å²) in [5, 5.41) is 0.839. The lowest BCUT2D eigenvalue weighted by atomic mass is 10.1. The molecular formula is C20H18O6. The summed E-state index contributed by atoms with van der Waals surface area (Å²) in [6.07, 6.45) is 0.189. The van der Waals surface area contributed by atoms with Crippen LogP contribution in [-0.2, 0) is 20.7 Å². The van der Waals surface area contributed by atoms with E-state index >= 15 is 0 Å². The van der Waals surface area contributed by atoms with Gasteiger partial charge in [-0.1, -0.05) is 6.07 Å². The first kappa shape index (κ1) is 17.5. The van der Waals surface area contributed by atoms with Crippen molar-refractivity contribution in [1.29, 1.82) is 0 Å². The molecule has 6 nitrogen and oxygen atoms in total. The largest absolute Gasteiger partial charge is 0.497 e. The molecule has 26 heavy (non-hydrogen) atoms. The first-order valence-electron chi connectivity index (χ1n) is 7.96. The number of hydrogen-bond donors (Lipinski definition) is 0. The second kappa shape index (κ2) is 7.31. The number of carbonyl (C=O) groups excluding carboxylic acids is 2. The second-order valence-electron chi connectivity index (χ2n) is 5.69. The lowest BCUT2D eigenvalue weighted by Crippen LogP contribution is -2.03. The molecule has 1 heterocycles. The molecule has 6 heteroatoms. The average molecular weight is 354 g/mol. The molecule has 134 valence electrons. The van der Waals surface area contributed by atoms with Crippen molar-refractivity contribution in [2.24, 2.45) is 0 Å². The maximum Gasteiger partial charge on any atom is 0.309 e. The van der Waals surface area contributed by atoms with Crippen LogP contribution in [-0.4, -0.2) is 26.2 Å². The molecule has 3 aromatic rings. The third kappa shape index (κ3) is 3.69. The molecule has 0 N–H and O–H groups in total. The van der Waals surface area contributed by atoms with E-state index in [4.69, 9.17) is 18.6 Å². The normalized spacial score (nSPS) is 10.6. The van der Waals surface area contributed by atoms with Crippen LogP contribution in [0.5, 0.6) is 11.5 Å². The Bertz CT molecular complexity index is 970. The van der Waals surface area contributed by atoms with Gasteiger partial charge in [0.1, 0.15) is 22.8 Å². The van der Waals surface area contributed by atoms with Gasteiger partial charge in [-0.3, -0.25) is 9.59 Å². The Balaban J connectivity index is 2.02. The summed E-state index contributed by atoms with van der Waals surface area (Å²) < 4.78 is 21.1. The van der Waals surface area contributed by atoms with Crippen LogP contribution in [0.3, 0.4) is 0 Å². The van der Waals surface area contributed by atoms with Crippen molar-refractivity contribution in [3.8, 4) is 22.8 Å². The Morgan fingerprint density at radius 2 is 1.85 bits per heavy atom. The molecule has 0 aliphatic heterocycles. The van der Waals surface area contributed by atoms with E-state index in [1.807, 2.05) is 18.2 Å². The molecule has 0 saturated heterocycles. The van der Waals surface area contributed by atoms with Crippen molar-refractivity contribution in [3.05, 3.63) is 48.0 Å². The van der Waals surface area contributed by atoms with Crippen LogP contribution in [0.15, 0.2) is 46.9 Å². The van der Waals surface area contributed by atoms with Crippen LogP contribution < -0.4 is 9.47 Å². The number of ether oxygens (including phenoxy) is 3. The number of esters is 2. The minimum atomic E-state index is -0.434. The summed E-state index contributed by atoms with van der Waals surface area (Å²) in [7, 11) is 2.90. The molecular weight excluding hydrogens is 336 g/mol. The van der Waals surface area contributed by atoms with Crippen molar-refractivity contribution in [2.45, 2.75) is 13.3 Å². The quantitative estimate of drug-likeness (QED) is 0.513. The Morgan fingerprint density at radius 3 is 2.54 bits per heavy atom. The van der Waals surface area contributed by atoms with Crippen LogP contribution in [0.1, 0.15) is 12.5 Å². The van der Waals surface area contributed by atoms with E-state index in [-0.39, 0.29) is 12.4 Å². The molecule has 0 saturated carbocycles. The zero-order valence-corrected chi connectivity index (χ0v) is 14.7. The van der Waals surface area contributed by atoms with Gasteiger partial charge in [-0.25, -0.2) is 0 Å². The second-order valence-corrected chi connectivity index (χ2v) is 5.69. The highest BCUT2D eigenvalue weighted by Crippen LogP contribution is 2.37. The lowest BCUT2D eigenvalue weighted by molar-refractivity contribution is -0.139. The van der Waals surface area contributed by atoms with Crippen molar-refractivity contribution in [2.75, 3.05) is 14.2 Å². The van der Waals surface area contributed by atoms with Crippen LogP contribution in [0.2, 0.25) is 0 Å². The van der Waals surface area contributed by atoms with E-state index in [1.54, 1.807) is 24.3 Å². The van der Waals surface area contributed by atoms with E-state index in [2.05, 4.69) is 0 Å². The Labute approximate surface area is 150 Å². The fourth-order valence-corrected chi connectivity index (χ4v) is 2.65. The number of rotatable bonds is 5. The average Bonchev–Trinajstić information content (AvgIpc) is 3.03. The van der Waals surface area contributed by atoms with E-state index < -0.39 is 5.97 Å². The van der Waals surface area contributed by atoms with Gasteiger partial charge in [0.25, 0.3) is 0 Å². The van der Waals surface area contributed by atoms with Crippen molar-refractivity contribution in [3.63, 3.8) is 0 Å². The summed E-state index contributed by atoms with van der Waals surface area (Å²) in [6, 6.07) is 12.5. The first-order valence-corrected chi connectivity index (χ1v) is 7.96. The Kier molecular flexibility index (Phi) is 4.93. The number of furan rings is 1. The van der Waals surface area contributed by atoms with Crippen molar-refractivity contribution in [1.82, 2.24) is 0 Å². The highest BCUT2D eigenvalue weighted by Gasteiger charge is 2.15. The van der Waals surface area contributed by atoms with Gasteiger partial charge >= 0.3 is 11.9 Å². The van der Waals surface area contributed by atoms with Gasteiger partial charge < -0.3 is 18.6 Å². The number of benzene rings is 2. The third-order valence-electron chi connectivity index (χ3n) is 3.86. The van der Waals surface area contributed by atoms with Gasteiger partial charge in [0.2, 0.25) is 0 Å². The highest BCUT2D eigenvalue weighted by atomic mass is 16.5. The minimum Gasteiger partial charge on any atom is -0.497 e. The maximum atomic E-state index is 11.4. The van der Waals surface area contributed by atoms with E-state index in [0.717, 1.165) is 10.9 Å². The predicted octanol–water partition coefficient (Wildman–Crippen LogP) is 3.75. The molecule has 0 atom stereocenters. The molecule has 0 amide bonds. The van der Waals surface area contributed by atoms with Crippen molar-refractivity contribution >= 4 is 22.9 Å². The van der Waals surface area contributed by atoms with E-state index in [1.165, 1.54) is 21.1 Å². The highest BCUT2D eigenvalue weighted by molar-refractivity contribution is 5.86. The van der Waals surface area contributed by atoms with E-state index in [9.17, 15) is 9.59 Å². The molecule has 2 aromatic carbocycles. The third-order valence-corrected chi connectivity index (χ3v) is 3.86. The molecule has 1 aromatic heterocycles. The van der Waals surface area contributed by atoms with Gasteiger partial charge in [-0.05, 0) is 35.9 Å². The Hall–Kier alpha value is -3.28. The van der Waals surface area contributed by atoms with Crippen LogP contribution in [0.25, 0.3) is 22.3 Å². The number of carbonyl (C=O) groups is 2. The maximum absolute atomic E-state index is 11.4. The molecule has 0 fully saturated rings. The fourth-order valence-electron chi connectivity index (χ4n) is 2.65. The zero-order valence-electron chi connectivity index (χ0n) is 14.7. The monoisotopic (exact) mass is 354 g/mol. The topological polar surface area (TPSA) is 75.0 Å². The number of hydrogen-bond acceptors (Lipinski definition) is 6. The summed E-state index contributed by atoms with van der Waals surface area (Å²) >= 11 is 0. The van der Waals surface area contributed by atoms with Crippen LogP contribution in [0.4, 0.5) is 0 Å². The van der Waals surface area contributed by atoms with Crippen molar-refractivity contribution < 1.29 is 28.2 Å². The molecule has 0 unspecified atom stereocenters. The van der Waals surface area contributed by atoms with Crippen LogP contribution in [0, 0.1) is 0 Å². The summed E-state index contributed by atoms with van der Waals surface area (Å²) in [4.78, 5) is 22.9. The summed E-state index contributed by atoms with van der Waals surface area (Å²) in [5.74, 6) is 0.734. The van der Waals surface area contributed by atoms with Crippen LogP contribution >= 0.6 is 0 Å². The molecule has 0 aliphatic carbocycles. The summed E-state index contributed by atoms with van der Waals surface area (Å²) in [6.45, 7) is 1.33. The zero-order chi connectivity index (χ0) is 18.7. The SMILES string of the molecule is COC(=O)Cc1ccc2oc(-c3ccc(OC)cc3OC(C)=O)cc2c1. The van der Waals surface area contributed by atoms with Gasteiger partial charge in [0, 0.05) is 18.4 Å². The van der Waals surface area contributed by atoms with Gasteiger partial charge in [-0.2, -0.15) is 0 Å². The Morgan fingerprint density at radius 1 is 1.04 bits per heavy atom. The molecule has 0 spiro atoms. The molecule has 3 rings (SSSR count). The lowest BCUT2D eigenvalue weighted by Gasteiger charge is -2.08. The predicted molar refractivity (Wildman–Crippen MR) is 95.2 cm³/mol. The molecule has 0 radical (unpaired) electrons. The van der Waals surface area contributed by atoms with Gasteiger partial charge in [-0.15, -0.1) is 0 Å². The standard InChI is InChI=1S/C20H18O6/c1-12(21)25-19-11-15(23-2)5-6-16(19)18-10-14-8-13(9-20(22)24-3)4-7-17(14)26-18/h4-8,10-11H,9H2,1-3H3. The number of methoxy groups -OCH3 is 2. The van der Waals surface area contributed by atoms with Gasteiger partial charge in [0.05, 0.1) is 26.2 Å². The summed E-state index contributed by atoms with van der Waals surface area (Å²) in [5.41, 5.74) is 2.12. The number of fused-ring (bicyclic) bond motifs is 1. The minimum absolute atomic E-state index is 0.189. The smallest absolute Gasteiger partial charge is 0.309 e. The van der Waals surface area contributed by atoms with E-state index in [0.29, 0.717) is 28.4 Å². The van der Waals surface area contributed by atoms with Gasteiger partial charge in [0.15, 0.2) is 0 Å². The molecule has 0 bridgehead atoms. The first-order chi connectivity index (χ1) is 12.5.